The summed E-state index contributed by atoms with van der Waals surface area (Å²) >= 11 is 0. The van der Waals surface area contributed by atoms with Crippen LogP contribution < -0.4 is 0 Å². The normalized spacial score (nSPS) is 12.3. The molecule has 0 aliphatic rings. The van der Waals surface area contributed by atoms with Crippen molar-refractivity contribution in [3.8, 4) is 6.07 Å². The van der Waals surface area contributed by atoms with Gasteiger partial charge in [0, 0.05) is 0 Å². The molecule has 3 aromatic rings. The Morgan fingerprint density at radius 1 is 0.759 bits per heavy atom. The van der Waals surface area contributed by atoms with Gasteiger partial charge in [0.25, 0.3) is 0 Å². The average molecular weight is 424 g/mol. The lowest BCUT2D eigenvalue weighted by Crippen LogP contribution is -2.16. The predicted octanol–water partition coefficient (Wildman–Crippen LogP) is 3.85. The Morgan fingerprint density at radius 2 is 1.28 bits per heavy atom. The first kappa shape index (κ1) is 20.5. The topological polar surface area (TPSA) is 92.1 Å². The zero-order chi connectivity index (χ0) is 20.9. The van der Waals surface area contributed by atoms with E-state index in [2.05, 4.69) is 0 Å². The minimum Gasteiger partial charge on any atom is -0.223 e. The van der Waals surface area contributed by atoms with E-state index in [0.29, 0.717) is 5.56 Å². The molecular formula is C22H17NO4S2. The van der Waals surface area contributed by atoms with Gasteiger partial charge in [0.15, 0.2) is 9.84 Å². The largest absolute Gasteiger partial charge is 0.223 e. The van der Waals surface area contributed by atoms with Crippen LogP contribution in [0.4, 0.5) is 0 Å². The van der Waals surface area contributed by atoms with E-state index in [1.807, 2.05) is 6.07 Å². The molecule has 0 aliphatic carbocycles. The van der Waals surface area contributed by atoms with E-state index >= 15 is 0 Å². The molecule has 0 fully saturated rings. The van der Waals surface area contributed by atoms with Gasteiger partial charge in [-0.15, -0.1) is 0 Å². The third-order valence-electron chi connectivity index (χ3n) is 4.23. The molecule has 29 heavy (non-hydrogen) atoms. The molecule has 5 nitrogen and oxygen atoms in total. The Hall–Kier alpha value is -3.21. The van der Waals surface area contributed by atoms with Gasteiger partial charge in [0.1, 0.15) is 0 Å². The predicted molar refractivity (Wildman–Crippen MR) is 111 cm³/mol. The summed E-state index contributed by atoms with van der Waals surface area (Å²) in [5.41, 5.74) is 0.595. The summed E-state index contributed by atoms with van der Waals surface area (Å²) in [6.45, 7) is 0. The number of nitrogens with zero attached hydrogens (tertiary/aromatic N) is 1. The maximum Gasteiger partial charge on any atom is 0.203 e. The van der Waals surface area contributed by atoms with E-state index in [0.717, 1.165) is 0 Å². The summed E-state index contributed by atoms with van der Waals surface area (Å²) in [4.78, 5) is -0.276. The third kappa shape index (κ3) is 4.62. The summed E-state index contributed by atoms with van der Waals surface area (Å²) in [5, 5.41) is 9.31. The van der Waals surface area contributed by atoms with E-state index in [1.54, 1.807) is 60.7 Å². The molecule has 146 valence electrons. The quantitative estimate of drug-likeness (QED) is 0.600. The maximum atomic E-state index is 13.2. The fourth-order valence-electron chi connectivity index (χ4n) is 2.74. The zero-order valence-corrected chi connectivity index (χ0v) is 16.9. The van der Waals surface area contributed by atoms with Gasteiger partial charge in [0.05, 0.1) is 32.1 Å². The van der Waals surface area contributed by atoms with Crippen LogP contribution in [0.2, 0.25) is 0 Å². The van der Waals surface area contributed by atoms with Crippen molar-refractivity contribution in [3.05, 3.63) is 101 Å². The van der Waals surface area contributed by atoms with E-state index in [1.165, 1.54) is 30.3 Å². The van der Waals surface area contributed by atoms with Crippen molar-refractivity contribution < 1.29 is 16.8 Å². The second-order valence-electron chi connectivity index (χ2n) is 6.20. The van der Waals surface area contributed by atoms with Gasteiger partial charge in [0.2, 0.25) is 9.84 Å². The fourth-order valence-corrected chi connectivity index (χ4v) is 6.13. The molecule has 7 heteroatoms. The van der Waals surface area contributed by atoms with Crippen LogP contribution in [0.25, 0.3) is 6.08 Å². The van der Waals surface area contributed by atoms with Gasteiger partial charge >= 0.3 is 0 Å². The van der Waals surface area contributed by atoms with Crippen LogP contribution in [-0.2, 0) is 19.7 Å². The van der Waals surface area contributed by atoms with E-state index in [4.69, 9.17) is 0 Å². The third-order valence-corrected chi connectivity index (χ3v) is 7.94. The van der Waals surface area contributed by atoms with Crippen molar-refractivity contribution in [1.82, 2.24) is 0 Å². The molecule has 0 bridgehead atoms. The Morgan fingerprint density at radius 3 is 1.86 bits per heavy atom. The molecule has 0 saturated heterocycles. The fraction of sp³-hybridized carbons (Fsp3) is 0.0455. The molecule has 0 aromatic heterocycles. The first-order valence-corrected chi connectivity index (χ1v) is 11.8. The van der Waals surface area contributed by atoms with Crippen LogP contribution >= 0.6 is 0 Å². The van der Waals surface area contributed by atoms with Crippen LogP contribution in [0.15, 0.2) is 99.6 Å². The average Bonchev–Trinajstić information content (AvgIpc) is 2.75. The van der Waals surface area contributed by atoms with Crippen LogP contribution in [0, 0.1) is 11.3 Å². The molecule has 0 heterocycles. The number of hydrogen-bond donors (Lipinski definition) is 0. The molecule has 0 amide bonds. The van der Waals surface area contributed by atoms with Crippen LogP contribution in [0.5, 0.6) is 0 Å². The second kappa shape index (κ2) is 8.43. The highest BCUT2D eigenvalue weighted by molar-refractivity contribution is 7.98. The highest BCUT2D eigenvalue weighted by Gasteiger charge is 2.27. The van der Waals surface area contributed by atoms with Crippen molar-refractivity contribution in [1.29, 1.82) is 5.26 Å². The van der Waals surface area contributed by atoms with Gasteiger partial charge in [-0.1, -0.05) is 54.6 Å². The van der Waals surface area contributed by atoms with Crippen molar-refractivity contribution in [2.24, 2.45) is 0 Å². The zero-order valence-electron chi connectivity index (χ0n) is 15.3. The lowest BCUT2D eigenvalue weighted by molar-refractivity contribution is 0.593. The summed E-state index contributed by atoms with van der Waals surface area (Å²) in [6, 6.07) is 23.7. The molecule has 0 spiro atoms. The molecule has 0 radical (unpaired) electrons. The van der Waals surface area contributed by atoms with Crippen molar-refractivity contribution in [2.75, 3.05) is 5.75 Å². The minimum absolute atomic E-state index is 0.0102. The summed E-state index contributed by atoms with van der Waals surface area (Å²) < 4.78 is 52.2. The van der Waals surface area contributed by atoms with E-state index < -0.39 is 25.4 Å². The molecule has 0 unspecified atom stereocenters. The lowest BCUT2D eigenvalue weighted by Gasteiger charge is -2.11. The molecule has 0 aliphatic heterocycles. The molecule has 0 saturated carbocycles. The van der Waals surface area contributed by atoms with E-state index in [-0.39, 0.29) is 20.3 Å². The summed E-state index contributed by atoms with van der Waals surface area (Å²) in [7, 11) is -8.01. The Kier molecular flexibility index (Phi) is 5.97. The van der Waals surface area contributed by atoms with Crippen LogP contribution in [-0.4, -0.2) is 22.6 Å². The Balaban J connectivity index is 2.18. The lowest BCUT2D eigenvalue weighted by atomic mass is 10.1. The summed E-state index contributed by atoms with van der Waals surface area (Å²) in [5.74, 6) is -0.714. The highest BCUT2D eigenvalue weighted by atomic mass is 32.2. The smallest absolute Gasteiger partial charge is 0.203 e. The SMILES string of the molecule is N#Cc1ccccc1/C=C(/CS(=O)(=O)c1ccccc1)S(=O)(=O)c1ccccc1. The molecule has 3 aromatic carbocycles. The van der Waals surface area contributed by atoms with Gasteiger partial charge in [-0.05, 0) is 42.0 Å². The number of hydrogen-bond acceptors (Lipinski definition) is 5. The first-order valence-electron chi connectivity index (χ1n) is 8.62. The van der Waals surface area contributed by atoms with Crippen LogP contribution in [0.3, 0.4) is 0 Å². The maximum absolute atomic E-state index is 13.2. The number of benzene rings is 3. The summed E-state index contributed by atoms with van der Waals surface area (Å²) in [6.07, 6.45) is 1.27. The molecule has 0 N–H and O–H groups in total. The highest BCUT2D eigenvalue weighted by Crippen LogP contribution is 2.26. The molecular weight excluding hydrogens is 406 g/mol. The van der Waals surface area contributed by atoms with Crippen molar-refractivity contribution in [3.63, 3.8) is 0 Å². The first-order chi connectivity index (χ1) is 13.8. The van der Waals surface area contributed by atoms with Gasteiger partial charge in [-0.25, -0.2) is 16.8 Å². The van der Waals surface area contributed by atoms with Crippen LogP contribution in [0.1, 0.15) is 11.1 Å². The Bertz CT molecular complexity index is 1290. The van der Waals surface area contributed by atoms with E-state index in [9.17, 15) is 22.1 Å². The van der Waals surface area contributed by atoms with Crippen molar-refractivity contribution in [2.45, 2.75) is 9.79 Å². The van der Waals surface area contributed by atoms with Gasteiger partial charge in [-0.2, -0.15) is 5.26 Å². The monoisotopic (exact) mass is 423 g/mol. The molecule has 3 rings (SSSR count). The second-order valence-corrected chi connectivity index (χ2v) is 10.2. The van der Waals surface area contributed by atoms with Gasteiger partial charge < -0.3 is 0 Å². The minimum atomic E-state index is -4.09. The number of sulfone groups is 2. The standard InChI is InChI=1S/C22H17NO4S2/c23-16-19-10-8-7-9-18(19)15-22(29(26,27)21-13-5-2-6-14-21)17-28(24,25)20-11-3-1-4-12-20/h1-15H,17H2/b22-15-. The Labute approximate surface area is 170 Å². The number of rotatable bonds is 6. The molecule has 0 atom stereocenters. The number of nitriles is 1. The van der Waals surface area contributed by atoms with Crippen molar-refractivity contribution >= 4 is 25.8 Å². The van der Waals surface area contributed by atoms with Gasteiger partial charge in [-0.3, -0.25) is 0 Å².